The van der Waals surface area contributed by atoms with Gasteiger partial charge in [0.25, 0.3) is 10.1 Å². The van der Waals surface area contributed by atoms with E-state index < -0.39 is 10.1 Å². The summed E-state index contributed by atoms with van der Waals surface area (Å²) in [5.74, 6) is 1.23. The van der Waals surface area contributed by atoms with Crippen molar-refractivity contribution in [1.82, 2.24) is 0 Å². The maximum atomic E-state index is 10.5. The zero-order valence-corrected chi connectivity index (χ0v) is 10.1. The van der Waals surface area contributed by atoms with E-state index in [2.05, 4.69) is 0 Å². The average Bonchev–Trinajstić information content (AvgIpc) is 2.62. The molecule has 1 aromatic heterocycles. The fraction of sp³-hybridized carbons (Fsp3) is 0.556. The van der Waals surface area contributed by atoms with E-state index >= 15 is 0 Å². The van der Waals surface area contributed by atoms with Gasteiger partial charge >= 0.3 is 29.6 Å². The van der Waals surface area contributed by atoms with Gasteiger partial charge in [0.05, 0.1) is 5.75 Å². The molecular formula is C9H13NaO5S2. The Morgan fingerprint density at radius 3 is 2.82 bits per heavy atom. The van der Waals surface area contributed by atoms with Crippen molar-refractivity contribution in [2.24, 2.45) is 0 Å². The van der Waals surface area contributed by atoms with Crippen LogP contribution in [-0.4, -0.2) is 61.0 Å². The number of hydrogen-bond acceptors (Lipinski definition) is 5. The SMILES string of the molecule is O=S(=O)(O)CCCC1COc2cscc2O1.[NaH]. The first-order chi connectivity index (χ1) is 7.54. The van der Waals surface area contributed by atoms with Gasteiger partial charge in [0, 0.05) is 10.8 Å². The molecular weight excluding hydrogens is 275 g/mol. The number of rotatable bonds is 4. The number of fused-ring (bicyclic) bond motifs is 1. The molecule has 1 N–H and O–H groups in total. The van der Waals surface area contributed by atoms with Crippen LogP contribution in [0.2, 0.25) is 0 Å². The van der Waals surface area contributed by atoms with Crippen LogP contribution in [-0.2, 0) is 10.1 Å². The van der Waals surface area contributed by atoms with Crippen LogP contribution in [0.25, 0.3) is 0 Å². The van der Waals surface area contributed by atoms with Gasteiger partial charge in [0.2, 0.25) is 0 Å². The molecule has 2 rings (SSSR count). The first-order valence-electron chi connectivity index (χ1n) is 4.85. The zero-order chi connectivity index (χ0) is 11.6. The van der Waals surface area contributed by atoms with Crippen molar-refractivity contribution in [2.45, 2.75) is 18.9 Å². The van der Waals surface area contributed by atoms with Crippen molar-refractivity contribution < 1.29 is 22.4 Å². The third-order valence-electron chi connectivity index (χ3n) is 2.24. The molecule has 0 aliphatic carbocycles. The topological polar surface area (TPSA) is 72.8 Å². The minimum atomic E-state index is -3.87. The van der Waals surface area contributed by atoms with Gasteiger partial charge in [-0.25, -0.2) is 0 Å². The van der Waals surface area contributed by atoms with Crippen LogP contribution >= 0.6 is 11.3 Å². The van der Waals surface area contributed by atoms with Gasteiger partial charge in [0.1, 0.15) is 12.7 Å². The predicted octanol–water partition coefficient (Wildman–Crippen LogP) is 0.907. The van der Waals surface area contributed by atoms with Crippen molar-refractivity contribution in [2.75, 3.05) is 12.4 Å². The standard InChI is InChI=1S/C9H12O5S2.Na.H/c10-16(11,12)3-1-2-7-4-13-8-5-15-6-9(8)14-7;;/h5-7H,1-4H2,(H,10,11,12);;. The summed E-state index contributed by atoms with van der Waals surface area (Å²) in [6, 6.07) is 0. The molecule has 1 aliphatic rings. The third-order valence-corrected chi connectivity index (χ3v) is 3.74. The quantitative estimate of drug-likeness (QED) is 0.658. The van der Waals surface area contributed by atoms with Gasteiger partial charge < -0.3 is 9.47 Å². The normalized spacial score (nSPS) is 18.5. The summed E-state index contributed by atoms with van der Waals surface area (Å²) >= 11 is 1.50. The van der Waals surface area contributed by atoms with Crippen molar-refractivity contribution >= 4 is 51.0 Å². The molecule has 0 aromatic carbocycles. The first kappa shape index (κ1) is 15.3. The molecule has 1 unspecified atom stereocenters. The minimum absolute atomic E-state index is 0. The fourth-order valence-electron chi connectivity index (χ4n) is 1.50. The fourth-order valence-corrected chi connectivity index (χ4v) is 2.70. The Balaban J connectivity index is 0.00000144. The van der Waals surface area contributed by atoms with Crippen LogP contribution in [0.15, 0.2) is 10.8 Å². The third kappa shape index (κ3) is 4.76. The van der Waals surface area contributed by atoms with E-state index in [0.29, 0.717) is 25.2 Å². The van der Waals surface area contributed by atoms with Crippen LogP contribution < -0.4 is 9.47 Å². The van der Waals surface area contributed by atoms with Gasteiger partial charge in [-0.3, -0.25) is 4.55 Å². The Bertz CT molecular complexity index is 456. The van der Waals surface area contributed by atoms with Crippen LogP contribution in [0, 0.1) is 0 Å². The number of ether oxygens (including phenoxy) is 2. The van der Waals surface area contributed by atoms with Gasteiger partial charge in [0.15, 0.2) is 11.5 Å². The molecule has 1 aliphatic heterocycles. The molecule has 1 atom stereocenters. The Labute approximate surface area is 126 Å². The van der Waals surface area contributed by atoms with Gasteiger partial charge in [-0.15, -0.1) is 11.3 Å². The van der Waals surface area contributed by atoms with Crippen molar-refractivity contribution in [3.05, 3.63) is 10.8 Å². The molecule has 0 saturated heterocycles. The van der Waals surface area contributed by atoms with E-state index in [1.54, 1.807) is 0 Å². The van der Waals surface area contributed by atoms with Crippen molar-refractivity contribution in [3.63, 3.8) is 0 Å². The molecule has 2 heterocycles. The summed E-state index contributed by atoms with van der Waals surface area (Å²) in [5, 5.41) is 3.72. The van der Waals surface area contributed by atoms with Crippen LogP contribution in [0.4, 0.5) is 0 Å². The van der Waals surface area contributed by atoms with Crippen LogP contribution in [0.5, 0.6) is 11.5 Å². The van der Waals surface area contributed by atoms with Crippen molar-refractivity contribution in [1.29, 1.82) is 0 Å². The Morgan fingerprint density at radius 2 is 2.12 bits per heavy atom. The Hall–Kier alpha value is 0.210. The molecule has 0 saturated carbocycles. The maximum absolute atomic E-state index is 10.5. The van der Waals surface area contributed by atoms with Crippen molar-refractivity contribution in [3.8, 4) is 11.5 Å². The molecule has 0 radical (unpaired) electrons. The molecule has 1 aromatic rings. The zero-order valence-electron chi connectivity index (χ0n) is 8.46. The second-order valence-corrected chi connectivity index (χ2v) is 5.90. The van der Waals surface area contributed by atoms with Gasteiger partial charge in [-0.2, -0.15) is 8.42 Å². The van der Waals surface area contributed by atoms with E-state index in [0.717, 1.165) is 5.75 Å². The number of thiophene rings is 1. The monoisotopic (exact) mass is 288 g/mol. The Kier molecular flexibility index (Phi) is 5.75. The second kappa shape index (κ2) is 6.40. The van der Waals surface area contributed by atoms with Gasteiger partial charge in [-0.1, -0.05) is 0 Å². The summed E-state index contributed by atoms with van der Waals surface area (Å²) < 4.78 is 40.6. The molecule has 0 amide bonds. The summed E-state index contributed by atoms with van der Waals surface area (Å²) in [5.41, 5.74) is 0. The molecule has 8 heteroatoms. The second-order valence-electron chi connectivity index (χ2n) is 3.58. The predicted molar refractivity (Wildman–Crippen MR) is 67.0 cm³/mol. The van der Waals surface area contributed by atoms with E-state index in [1.807, 2.05) is 10.8 Å². The average molecular weight is 288 g/mol. The first-order valence-corrected chi connectivity index (χ1v) is 7.40. The summed E-state index contributed by atoms with van der Waals surface area (Å²) in [4.78, 5) is 0. The van der Waals surface area contributed by atoms with Crippen LogP contribution in [0.3, 0.4) is 0 Å². The van der Waals surface area contributed by atoms with Gasteiger partial charge in [-0.05, 0) is 12.8 Å². The summed E-state index contributed by atoms with van der Waals surface area (Å²) in [6.07, 6.45) is 0.783. The van der Waals surface area contributed by atoms with E-state index in [4.69, 9.17) is 14.0 Å². The molecule has 5 nitrogen and oxygen atoms in total. The summed E-state index contributed by atoms with van der Waals surface area (Å²) in [6.45, 7) is 0.426. The molecule has 17 heavy (non-hydrogen) atoms. The van der Waals surface area contributed by atoms with E-state index in [-0.39, 0.29) is 41.4 Å². The molecule has 92 valence electrons. The molecule has 0 spiro atoms. The molecule has 0 fully saturated rings. The molecule has 0 bridgehead atoms. The number of hydrogen-bond donors (Lipinski definition) is 1. The Morgan fingerprint density at radius 1 is 1.41 bits per heavy atom. The van der Waals surface area contributed by atoms with E-state index in [1.165, 1.54) is 11.3 Å². The van der Waals surface area contributed by atoms with E-state index in [9.17, 15) is 8.42 Å². The van der Waals surface area contributed by atoms with Crippen LogP contribution in [0.1, 0.15) is 12.8 Å². The summed E-state index contributed by atoms with van der Waals surface area (Å²) in [7, 11) is -3.87.